The van der Waals surface area contributed by atoms with Crippen LogP contribution in [0.4, 0.5) is 15.8 Å². The summed E-state index contributed by atoms with van der Waals surface area (Å²) in [7, 11) is 4.09. The maximum Gasteiger partial charge on any atom is 0.123 e. The second-order valence-corrected chi connectivity index (χ2v) is 5.78. The summed E-state index contributed by atoms with van der Waals surface area (Å²) in [4.78, 5) is 2.11. The van der Waals surface area contributed by atoms with Crippen LogP contribution in [-0.2, 0) is 6.42 Å². The summed E-state index contributed by atoms with van der Waals surface area (Å²) in [6.45, 7) is 4.22. The maximum atomic E-state index is 13.2. The average Bonchev–Trinajstić information content (AvgIpc) is 2.40. The van der Waals surface area contributed by atoms with E-state index in [9.17, 15) is 4.39 Å². The molecule has 2 rings (SSSR count). The number of benzene rings is 2. The van der Waals surface area contributed by atoms with Crippen LogP contribution in [0.3, 0.4) is 0 Å². The molecule has 0 heterocycles. The van der Waals surface area contributed by atoms with Crippen molar-refractivity contribution in [3.63, 3.8) is 0 Å². The Morgan fingerprint density at radius 3 is 2.57 bits per heavy atom. The molecule has 0 saturated heterocycles. The Hall–Kier alpha value is -2.03. The van der Waals surface area contributed by atoms with Gasteiger partial charge in [-0.1, -0.05) is 18.2 Å². The summed E-state index contributed by atoms with van der Waals surface area (Å²) in [6.07, 6.45) is 0.795. The number of halogens is 1. The Morgan fingerprint density at radius 2 is 1.90 bits per heavy atom. The van der Waals surface area contributed by atoms with E-state index in [4.69, 9.17) is 0 Å². The van der Waals surface area contributed by atoms with E-state index in [1.807, 2.05) is 20.2 Å². The monoisotopic (exact) mass is 286 g/mol. The van der Waals surface area contributed by atoms with Crippen LogP contribution in [0.25, 0.3) is 0 Å². The summed E-state index contributed by atoms with van der Waals surface area (Å²) < 4.78 is 13.2. The van der Waals surface area contributed by atoms with Crippen LogP contribution >= 0.6 is 0 Å². The van der Waals surface area contributed by atoms with Crippen LogP contribution in [0.5, 0.6) is 0 Å². The van der Waals surface area contributed by atoms with Gasteiger partial charge in [-0.15, -0.1) is 0 Å². The fourth-order valence-corrected chi connectivity index (χ4v) is 2.53. The molecule has 1 unspecified atom stereocenters. The van der Waals surface area contributed by atoms with Gasteiger partial charge in [-0.2, -0.15) is 0 Å². The molecular weight excluding hydrogens is 263 g/mol. The predicted octanol–water partition coefficient (Wildman–Crippen LogP) is 4.24. The van der Waals surface area contributed by atoms with Gasteiger partial charge in [0.1, 0.15) is 5.82 Å². The molecule has 2 nitrogen and oxygen atoms in total. The van der Waals surface area contributed by atoms with E-state index >= 15 is 0 Å². The minimum atomic E-state index is -0.176. The van der Waals surface area contributed by atoms with E-state index in [1.165, 1.54) is 17.3 Å². The molecule has 2 aromatic rings. The van der Waals surface area contributed by atoms with Gasteiger partial charge in [-0.05, 0) is 55.7 Å². The molecule has 0 aliphatic heterocycles. The third-order valence-electron chi connectivity index (χ3n) is 3.53. The highest BCUT2D eigenvalue weighted by Gasteiger charge is 2.07. The van der Waals surface area contributed by atoms with E-state index in [2.05, 4.69) is 42.3 Å². The topological polar surface area (TPSA) is 15.3 Å². The summed E-state index contributed by atoms with van der Waals surface area (Å²) in [5, 5.41) is 3.48. The third kappa shape index (κ3) is 4.22. The van der Waals surface area contributed by atoms with E-state index in [1.54, 1.807) is 12.1 Å². The first-order valence-electron chi connectivity index (χ1n) is 7.24. The molecular formula is C18H23FN2. The number of aryl methyl sites for hydroxylation is 1. The van der Waals surface area contributed by atoms with Crippen molar-refractivity contribution >= 4 is 11.4 Å². The van der Waals surface area contributed by atoms with Crippen molar-refractivity contribution in [3.8, 4) is 0 Å². The lowest BCUT2D eigenvalue weighted by atomic mass is 10.1. The Labute approximate surface area is 126 Å². The average molecular weight is 286 g/mol. The summed E-state index contributed by atoms with van der Waals surface area (Å²) in [6, 6.07) is 13.4. The first kappa shape index (κ1) is 15.4. The number of nitrogens with zero attached hydrogens (tertiary/aromatic N) is 1. The quantitative estimate of drug-likeness (QED) is 0.884. The fraction of sp³-hybridized carbons (Fsp3) is 0.333. The van der Waals surface area contributed by atoms with Crippen molar-refractivity contribution < 1.29 is 4.39 Å². The normalized spacial score (nSPS) is 12.0. The smallest absolute Gasteiger partial charge is 0.123 e. The van der Waals surface area contributed by atoms with Gasteiger partial charge in [0.15, 0.2) is 0 Å². The Bertz CT molecular complexity index is 608. The predicted molar refractivity (Wildman–Crippen MR) is 88.7 cm³/mol. The molecule has 0 aliphatic carbocycles. The van der Waals surface area contributed by atoms with E-state index in [-0.39, 0.29) is 11.9 Å². The molecule has 112 valence electrons. The SMILES string of the molecule is Cc1ccc(NC(C)Cc2cccc(F)c2)cc1N(C)C. The molecule has 1 N–H and O–H groups in total. The molecule has 0 amide bonds. The standard InChI is InChI=1S/C18H23FN2/c1-13-8-9-17(12-18(13)21(3)4)20-14(2)10-15-6-5-7-16(19)11-15/h5-9,11-12,14,20H,10H2,1-4H3. The summed E-state index contributed by atoms with van der Waals surface area (Å²) >= 11 is 0. The minimum Gasteiger partial charge on any atom is -0.382 e. The molecule has 0 aromatic heterocycles. The van der Waals surface area contributed by atoms with Crippen molar-refractivity contribution in [3.05, 3.63) is 59.4 Å². The van der Waals surface area contributed by atoms with Crippen molar-refractivity contribution in [1.82, 2.24) is 0 Å². The van der Waals surface area contributed by atoms with Gasteiger partial charge in [0, 0.05) is 31.5 Å². The van der Waals surface area contributed by atoms with Crippen LogP contribution in [0, 0.1) is 12.7 Å². The van der Waals surface area contributed by atoms with Crippen LogP contribution in [-0.4, -0.2) is 20.1 Å². The Morgan fingerprint density at radius 1 is 1.14 bits per heavy atom. The zero-order chi connectivity index (χ0) is 15.4. The lowest BCUT2D eigenvalue weighted by molar-refractivity contribution is 0.624. The highest BCUT2D eigenvalue weighted by Crippen LogP contribution is 2.23. The van der Waals surface area contributed by atoms with E-state index < -0.39 is 0 Å². The minimum absolute atomic E-state index is 0.176. The van der Waals surface area contributed by atoms with Crippen molar-refractivity contribution in [1.29, 1.82) is 0 Å². The molecule has 1 atom stereocenters. The molecule has 0 spiro atoms. The maximum absolute atomic E-state index is 13.2. The first-order chi connectivity index (χ1) is 9.95. The Kier molecular flexibility index (Phi) is 4.84. The molecule has 0 bridgehead atoms. The number of nitrogens with one attached hydrogen (secondary N) is 1. The lowest BCUT2D eigenvalue weighted by Gasteiger charge is -2.20. The molecule has 0 saturated carbocycles. The van der Waals surface area contributed by atoms with Crippen LogP contribution in [0.1, 0.15) is 18.1 Å². The molecule has 3 heteroatoms. The summed E-state index contributed by atoms with van der Waals surface area (Å²) in [5.74, 6) is -0.176. The molecule has 2 aromatic carbocycles. The van der Waals surface area contributed by atoms with Crippen molar-refractivity contribution in [2.24, 2.45) is 0 Å². The van der Waals surface area contributed by atoms with Crippen LogP contribution < -0.4 is 10.2 Å². The van der Waals surface area contributed by atoms with Crippen LogP contribution in [0.2, 0.25) is 0 Å². The van der Waals surface area contributed by atoms with Gasteiger partial charge in [-0.25, -0.2) is 4.39 Å². The van der Waals surface area contributed by atoms with E-state index in [0.29, 0.717) is 0 Å². The van der Waals surface area contributed by atoms with E-state index in [0.717, 1.165) is 17.7 Å². The zero-order valence-electron chi connectivity index (χ0n) is 13.2. The highest BCUT2D eigenvalue weighted by atomic mass is 19.1. The largest absolute Gasteiger partial charge is 0.382 e. The molecule has 0 radical (unpaired) electrons. The third-order valence-corrected chi connectivity index (χ3v) is 3.53. The van der Waals surface area contributed by atoms with Gasteiger partial charge in [-0.3, -0.25) is 0 Å². The zero-order valence-corrected chi connectivity index (χ0v) is 13.2. The summed E-state index contributed by atoms with van der Waals surface area (Å²) in [5.41, 5.74) is 4.56. The number of hydrogen-bond acceptors (Lipinski definition) is 2. The van der Waals surface area contributed by atoms with Crippen molar-refractivity contribution in [2.75, 3.05) is 24.3 Å². The van der Waals surface area contributed by atoms with Gasteiger partial charge < -0.3 is 10.2 Å². The fourth-order valence-electron chi connectivity index (χ4n) is 2.53. The number of rotatable bonds is 5. The van der Waals surface area contributed by atoms with Crippen molar-refractivity contribution in [2.45, 2.75) is 26.3 Å². The van der Waals surface area contributed by atoms with Gasteiger partial charge in [0.2, 0.25) is 0 Å². The Balaban J connectivity index is 2.06. The molecule has 0 aliphatic rings. The highest BCUT2D eigenvalue weighted by molar-refractivity contribution is 5.62. The number of anilines is 2. The molecule has 0 fully saturated rings. The van der Waals surface area contributed by atoms with Crippen LogP contribution in [0.15, 0.2) is 42.5 Å². The molecule has 21 heavy (non-hydrogen) atoms. The van der Waals surface area contributed by atoms with Gasteiger partial charge >= 0.3 is 0 Å². The van der Waals surface area contributed by atoms with Gasteiger partial charge in [0.05, 0.1) is 0 Å². The first-order valence-corrected chi connectivity index (χ1v) is 7.24. The van der Waals surface area contributed by atoms with Gasteiger partial charge in [0.25, 0.3) is 0 Å². The second kappa shape index (κ2) is 6.61. The lowest BCUT2D eigenvalue weighted by Crippen LogP contribution is -2.19. The second-order valence-electron chi connectivity index (χ2n) is 5.78. The number of hydrogen-bond donors (Lipinski definition) is 1.